The predicted octanol–water partition coefficient (Wildman–Crippen LogP) is 21.9. The minimum atomic E-state index is -4.62. The number of nitrogens with zero attached hydrogens (tertiary/aromatic N) is 2. The van der Waals surface area contributed by atoms with Gasteiger partial charge in [-0.15, -0.1) is 0 Å². The molecular weight excluding hydrogens is 1290 g/mol. The summed E-state index contributed by atoms with van der Waals surface area (Å²) < 4.78 is 47.2. The van der Waals surface area contributed by atoms with Crippen LogP contribution >= 0.6 is 7.82 Å². The standard InChI is InChI=1S/C44H84NO8P.C42H84NO2.ClH/c1-6-8-10-12-14-16-18-20-22-24-26-28-30-32-34-36-43(46)50-40-42(41-52-54(48,49)51-39-38-45(3,4)5)53-44(47)37-35-33-31-29-27-25-23-21-19-17-15-13-11-9-7-2;1-6-8-10-12-14-16-18-20-22-24-26-28-30-32-34-36-38-44-41-42(40-43(3,4)5)45-39-37-35-33-31-29-27-25-23-21-19-17-15-13-11-9-7-2;/h20-23,42H,6-19,24-41H2,1-5H3;20-23,42H,6-19,24-41H2,1-5H3;1H/q;+1;/p-1/b2*22-20-,23-21-;/t42-;;/m1../s1. The molecule has 0 N–H and O–H groups in total. The Bertz CT molecular complexity index is 1850. The fraction of sp³-hybridized carbons (Fsp3) is 0.884. The normalized spacial score (nSPS) is 13.3. The van der Waals surface area contributed by atoms with Gasteiger partial charge in [-0.1, -0.05) is 295 Å². The maximum absolute atomic E-state index is 12.7. The molecule has 3 atom stereocenters. The topological polar surface area (TPSA) is 130 Å². The Morgan fingerprint density at radius 2 is 0.640 bits per heavy atom. The molecule has 12 nitrogen and oxygen atoms in total. The first-order chi connectivity index (χ1) is 48.0. The number of ether oxygens (including phenoxy) is 4. The molecule has 0 amide bonds. The molecule has 0 bridgehead atoms. The van der Waals surface area contributed by atoms with E-state index in [1.54, 1.807) is 0 Å². The van der Waals surface area contributed by atoms with E-state index in [1.807, 2.05) is 21.1 Å². The van der Waals surface area contributed by atoms with Gasteiger partial charge >= 0.3 is 11.9 Å². The van der Waals surface area contributed by atoms with Crippen molar-refractivity contribution in [2.75, 3.05) is 95.0 Å². The number of allylic oxidation sites excluding steroid dienone is 8. The molecule has 0 heterocycles. The van der Waals surface area contributed by atoms with Crippen LogP contribution in [-0.4, -0.2) is 128 Å². The Balaban J connectivity index is -0.00000189. The van der Waals surface area contributed by atoms with Crippen molar-refractivity contribution in [3.05, 3.63) is 48.6 Å². The number of hydrogen-bond donors (Lipinski definition) is 0. The molecule has 0 aliphatic carbocycles. The van der Waals surface area contributed by atoms with E-state index >= 15 is 0 Å². The first-order valence-corrected chi connectivity index (χ1v) is 43.8. The maximum Gasteiger partial charge on any atom is 0.306 e. The number of carbonyl (C=O) groups is 2. The Morgan fingerprint density at radius 1 is 0.340 bits per heavy atom. The van der Waals surface area contributed by atoms with Crippen LogP contribution in [-0.2, 0) is 42.1 Å². The van der Waals surface area contributed by atoms with Gasteiger partial charge in [-0.05, 0) is 128 Å². The average Bonchev–Trinajstić information content (AvgIpc) is 0.997. The van der Waals surface area contributed by atoms with Crippen molar-refractivity contribution in [1.82, 2.24) is 0 Å². The van der Waals surface area contributed by atoms with Crippen molar-refractivity contribution in [2.45, 2.75) is 399 Å². The number of carbonyl (C=O) groups excluding carboxylic acids is 2. The van der Waals surface area contributed by atoms with Gasteiger partial charge in [0.05, 0.1) is 55.5 Å². The molecule has 0 saturated heterocycles. The molecule has 14 heteroatoms. The molecule has 0 saturated carbocycles. The van der Waals surface area contributed by atoms with E-state index in [0.717, 1.165) is 101 Å². The molecule has 0 radical (unpaired) electrons. The van der Waals surface area contributed by atoms with Crippen LogP contribution in [0.2, 0.25) is 0 Å². The van der Waals surface area contributed by atoms with E-state index in [4.69, 9.17) is 28.0 Å². The zero-order valence-electron chi connectivity index (χ0n) is 67.8. The van der Waals surface area contributed by atoms with Crippen LogP contribution in [0.4, 0.5) is 0 Å². The number of likely N-dealkylation sites (N-methyl/N-ethyl adjacent to an activating group) is 2. The molecule has 0 spiro atoms. The van der Waals surface area contributed by atoms with Crippen LogP contribution in [0.5, 0.6) is 0 Å². The second-order valence-corrected chi connectivity index (χ2v) is 32.4. The Morgan fingerprint density at radius 3 is 0.970 bits per heavy atom. The van der Waals surface area contributed by atoms with Gasteiger partial charge < -0.3 is 54.3 Å². The summed E-state index contributed by atoms with van der Waals surface area (Å²) in [5, 5.41) is 0. The lowest BCUT2D eigenvalue weighted by Crippen LogP contribution is -3.00. The molecular formula is C86H168ClN2O10P. The third-order valence-corrected chi connectivity index (χ3v) is 19.3. The first kappa shape index (κ1) is 102. The molecule has 0 aliphatic rings. The number of quaternary nitrogens is 2. The molecule has 0 aliphatic heterocycles. The second kappa shape index (κ2) is 79.7. The number of phosphoric acid groups is 1. The van der Waals surface area contributed by atoms with Gasteiger partial charge in [0, 0.05) is 26.1 Å². The van der Waals surface area contributed by atoms with Crippen molar-refractivity contribution >= 4 is 19.8 Å². The van der Waals surface area contributed by atoms with Gasteiger partial charge in [0.2, 0.25) is 0 Å². The number of hydrogen-bond acceptors (Lipinski definition) is 10. The van der Waals surface area contributed by atoms with Gasteiger partial charge in [-0.25, -0.2) is 0 Å². The van der Waals surface area contributed by atoms with E-state index in [2.05, 4.69) is 97.4 Å². The monoisotopic (exact) mass is 1460 g/mol. The number of esters is 2. The lowest BCUT2D eigenvalue weighted by atomic mass is 10.1. The third kappa shape index (κ3) is 88.5. The van der Waals surface area contributed by atoms with Gasteiger partial charge in [0.25, 0.3) is 7.82 Å². The molecule has 2 unspecified atom stereocenters. The van der Waals surface area contributed by atoms with Crippen LogP contribution in [0.25, 0.3) is 0 Å². The van der Waals surface area contributed by atoms with E-state index in [9.17, 15) is 19.0 Å². The van der Waals surface area contributed by atoms with Crippen molar-refractivity contribution in [3.63, 3.8) is 0 Å². The summed E-state index contributed by atoms with van der Waals surface area (Å²) in [5.41, 5.74) is 0. The Hall–Kier alpha value is -1.86. The summed E-state index contributed by atoms with van der Waals surface area (Å²) in [6, 6.07) is 0. The fourth-order valence-electron chi connectivity index (χ4n) is 12.0. The van der Waals surface area contributed by atoms with Crippen molar-refractivity contribution in [2.24, 2.45) is 0 Å². The molecule has 0 aromatic rings. The highest BCUT2D eigenvalue weighted by atomic mass is 35.5. The minimum absolute atomic E-state index is 0. The van der Waals surface area contributed by atoms with Gasteiger partial charge in [-0.2, -0.15) is 0 Å². The van der Waals surface area contributed by atoms with Crippen molar-refractivity contribution < 1.29 is 68.4 Å². The highest BCUT2D eigenvalue weighted by molar-refractivity contribution is 7.45. The molecule has 0 rings (SSSR count). The molecule has 0 fully saturated rings. The molecule has 0 aromatic carbocycles. The average molecular weight is 1460 g/mol. The van der Waals surface area contributed by atoms with Crippen molar-refractivity contribution in [1.29, 1.82) is 0 Å². The minimum Gasteiger partial charge on any atom is -1.00 e. The molecule has 100 heavy (non-hydrogen) atoms. The molecule has 594 valence electrons. The summed E-state index contributed by atoms with van der Waals surface area (Å²) in [4.78, 5) is 37.5. The first-order valence-electron chi connectivity index (χ1n) is 42.3. The number of unbranched alkanes of at least 4 members (excludes halogenated alkanes) is 46. The van der Waals surface area contributed by atoms with Crippen LogP contribution in [0.1, 0.15) is 387 Å². The second-order valence-electron chi connectivity index (χ2n) is 31.0. The highest BCUT2D eigenvalue weighted by Crippen LogP contribution is 2.38. The Labute approximate surface area is 627 Å². The van der Waals surface area contributed by atoms with E-state index < -0.39 is 32.5 Å². The lowest BCUT2D eigenvalue weighted by molar-refractivity contribution is -0.873. The molecule has 0 aromatic heterocycles. The lowest BCUT2D eigenvalue weighted by Gasteiger charge is -2.29. The SMILES string of the molecule is CCCCCCCC/C=C\CCCCCCCC(=O)OC[C@H](COP(=O)([O-])OCC[N+](C)(C)C)OC(=O)CCCCCCC/C=C\CCCCCCCC.CCCCCCCC/C=C\CCCCCCCCOCC(C[N+](C)(C)C)OCCCCCCCC/C=C\CCCCCCCC.[Cl-]. The summed E-state index contributed by atoms with van der Waals surface area (Å²) in [7, 11) is 7.92. The third-order valence-electron chi connectivity index (χ3n) is 18.3. The maximum atomic E-state index is 12.7. The number of halogens is 1. The number of rotatable bonds is 77. The van der Waals surface area contributed by atoms with Crippen LogP contribution in [0.3, 0.4) is 0 Å². The fourth-order valence-corrected chi connectivity index (χ4v) is 12.7. The highest BCUT2D eigenvalue weighted by Gasteiger charge is 2.23. The van der Waals surface area contributed by atoms with Crippen LogP contribution < -0.4 is 17.3 Å². The summed E-state index contributed by atoms with van der Waals surface area (Å²) in [6.07, 6.45) is 86.7. The summed E-state index contributed by atoms with van der Waals surface area (Å²) in [6.45, 7) is 12.3. The smallest absolute Gasteiger partial charge is 0.306 e. The zero-order chi connectivity index (χ0) is 73.0. The van der Waals surface area contributed by atoms with Gasteiger partial charge in [0.15, 0.2) is 6.10 Å². The Kier molecular flexibility index (Phi) is 81.5. The van der Waals surface area contributed by atoms with E-state index in [0.29, 0.717) is 17.4 Å². The summed E-state index contributed by atoms with van der Waals surface area (Å²) in [5.74, 6) is -0.850. The quantitative estimate of drug-likeness (QED) is 0.0191. The van der Waals surface area contributed by atoms with Crippen molar-refractivity contribution in [3.8, 4) is 0 Å². The zero-order valence-corrected chi connectivity index (χ0v) is 69.5. The van der Waals surface area contributed by atoms with Gasteiger partial charge in [0.1, 0.15) is 32.4 Å². The summed E-state index contributed by atoms with van der Waals surface area (Å²) >= 11 is 0. The number of phosphoric ester groups is 1. The van der Waals surface area contributed by atoms with E-state index in [-0.39, 0.29) is 44.6 Å². The van der Waals surface area contributed by atoms with Crippen LogP contribution in [0, 0.1) is 0 Å². The van der Waals surface area contributed by atoms with Crippen LogP contribution in [0.15, 0.2) is 48.6 Å². The largest absolute Gasteiger partial charge is 1.00 e. The van der Waals surface area contributed by atoms with Gasteiger partial charge in [-0.3, -0.25) is 14.2 Å². The van der Waals surface area contributed by atoms with E-state index in [1.165, 1.54) is 270 Å². The predicted molar refractivity (Wildman–Crippen MR) is 425 cm³/mol.